The molecule has 5 nitrogen and oxygen atoms in total. The maximum atomic E-state index is 12.4. The Morgan fingerprint density at radius 2 is 1.64 bits per heavy atom. The summed E-state index contributed by atoms with van der Waals surface area (Å²) in [7, 11) is -4.46. The highest BCUT2D eigenvalue weighted by atomic mass is 32.2. The van der Waals surface area contributed by atoms with Crippen molar-refractivity contribution in [2.45, 2.75) is 36.8 Å². The molecule has 2 rings (SSSR count). The van der Waals surface area contributed by atoms with Crippen LogP contribution in [0, 0.1) is 5.92 Å². The second kappa shape index (κ2) is 6.25. The van der Waals surface area contributed by atoms with Crippen LogP contribution >= 0.6 is 0 Å². The van der Waals surface area contributed by atoms with Crippen LogP contribution in [-0.4, -0.2) is 14.4 Å². The second-order valence-corrected chi connectivity index (χ2v) is 6.44. The van der Waals surface area contributed by atoms with Gasteiger partial charge in [-0.3, -0.25) is 4.89 Å². The van der Waals surface area contributed by atoms with E-state index in [0.717, 1.165) is 25.0 Å². The first-order chi connectivity index (χ1) is 10.2. The average Bonchev–Trinajstić information content (AvgIpc) is 2.98. The van der Waals surface area contributed by atoms with Crippen LogP contribution in [0.25, 0.3) is 0 Å². The fourth-order valence-corrected chi connectivity index (χ4v) is 2.86. The first-order valence-electron chi connectivity index (χ1n) is 6.52. The number of benzene rings is 1. The van der Waals surface area contributed by atoms with Crippen molar-refractivity contribution in [3.8, 4) is 0 Å². The molecular weight excluding hydrogens is 325 g/mol. The van der Waals surface area contributed by atoms with Crippen molar-refractivity contribution in [1.29, 1.82) is 0 Å². The fourth-order valence-electron chi connectivity index (χ4n) is 2.16. The van der Waals surface area contributed by atoms with Gasteiger partial charge in [0.25, 0.3) is 0 Å². The summed E-state index contributed by atoms with van der Waals surface area (Å²) in [6.07, 6.45) is -1.67. The minimum absolute atomic E-state index is 0.400. The van der Waals surface area contributed by atoms with Gasteiger partial charge in [0.05, 0.1) is 16.4 Å². The lowest BCUT2D eigenvalue weighted by Crippen LogP contribution is -2.18. The van der Waals surface area contributed by atoms with Gasteiger partial charge < -0.3 is 0 Å². The third-order valence-corrected chi connectivity index (χ3v) is 4.46. The van der Waals surface area contributed by atoms with Gasteiger partial charge >= 0.3 is 22.3 Å². The summed E-state index contributed by atoms with van der Waals surface area (Å²) in [5, 5.41) is 0. The van der Waals surface area contributed by atoms with E-state index in [9.17, 15) is 26.4 Å². The molecule has 0 unspecified atom stereocenters. The highest BCUT2D eigenvalue weighted by Crippen LogP contribution is 2.30. The fraction of sp³-hybridized carbons (Fsp3) is 0.462. The van der Waals surface area contributed by atoms with Crippen LogP contribution in [-0.2, 0) is 30.3 Å². The van der Waals surface area contributed by atoms with Gasteiger partial charge in [0.15, 0.2) is 0 Å². The molecule has 1 aliphatic rings. The maximum absolute atomic E-state index is 12.4. The monoisotopic (exact) mass is 338 g/mol. The predicted octanol–water partition coefficient (Wildman–Crippen LogP) is 3.06. The third kappa shape index (κ3) is 3.98. The molecule has 0 aromatic heterocycles. The van der Waals surface area contributed by atoms with E-state index in [4.69, 9.17) is 0 Å². The van der Waals surface area contributed by atoms with E-state index >= 15 is 0 Å². The lowest BCUT2D eigenvalue weighted by atomic mass is 10.1. The van der Waals surface area contributed by atoms with Gasteiger partial charge in [-0.25, -0.2) is 4.79 Å². The Bertz CT molecular complexity index is 631. The van der Waals surface area contributed by atoms with E-state index in [1.165, 1.54) is 0 Å². The van der Waals surface area contributed by atoms with Gasteiger partial charge in [0, 0.05) is 0 Å². The zero-order valence-corrected chi connectivity index (χ0v) is 12.1. The summed E-state index contributed by atoms with van der Waals surface area (Å²) in [4.78, 5) is 15.3. The number of carbonyl (C=O) groups is 1. The number of rotatable bonds is 4. The van der Waals surface area contributed by atoms with Crippen LogP contribution in [0.5, 0.6) is 0 Å². The van der Waals surface area contributed by atoms with Gasteiger partial charge in [0.2, 0.25) is 0 Å². The normalized spacial score (nSPS) is 16.7. The Hall–Kier alpha value is -1.61. The molecule has 0 heterocycles. The molecule has 0 spiro atoms. The molecule has 0 radical (unpaired) electrons. The average molecular weight is 338 g/mol. The molecule has 1 fully saturated rings. The highest BCUT2D eigenvalue weighted by Gasteiger charge is 2.31. The highest BCUT2D eigenvalue weighted by molar-refractivity contribution is 7.86. The zero-order valence-electron chi connectivity index (χ0n) is 11.3. The smallest absolute Gasteiger partial charge is 0.281 e. The molecule has 122 valence electrons. The molecule has 0 atom stereocenters. The second-order valence-electron chi connectivity index (χ2n) is 4.93. The van der Waals surface area contributed by atoms with Crippen molar-refractivity contribution < 1.29 is 35.6 Å². The summed E-state index contributed by atoms with van der Waals surface area (Å²) in [6.45, 7) is 0. The lowest BCUT2D eigenvalue weighted by Gasteiger charge is -2.09. The first-order valence-corrected chi connectivity index (χ1v) is 7.93. The quantitative estimate of drug-likeness (QED) is 0.623. The third-order valence-electron chi connectivity index (χ3n) is 3.36. The van der Waals surface area contributed by atoms with E-state index < -0.39 is 38.6 Å². The van der Waals surface area contributed by atoms with Crippen molar-refractivity contribution in [3.05, 3.63) is 29.8 Å². The van der Waals surface area contributed by atoms with Gasteiger partial charge in [-0.05, 0) is 41.4 Å². The topological polar surface area (TPSA) is 69.7 Å². The zero-order chi connectivity index (χ0) is 16.4. The van der Waals surface area contributed by atoms with Crippen LogP contribution in [0.4, 0.5) is 13.2 Å². The molecule has 1 aromatic carbocycles. The van der Waals surface area contributed by atoms with E-state index in [-0.39, 0.29) is 0 Å². The van der Waals surface area contributed by atoms with E-state index in [1.807, 2.05) is 0 Å². The number of halogens is 3. The molecule has 1 saturated carbocycles. The van der Waals surface area contributed by atoms with Crippen molar-refractivity contribution in [1.82, 2.24) is 0 Å². The lowest BCUT2D eigenvalue weighted by molar-refractivity contribution is -0.216. The molecule has 0 amide bonds. The summed E-state index contributed by atoms with van der Waals surface area (Å²) in [5.41, 5.74) is -0.991. The summed E-state index contributed by atoms with van der Waals surface area (Å²) in [6, 6.07) is 2.69. The predicted molar refractivity (Wildman–Crippen MR) is 67.8 cm³/mol. The Morgan fingerprint density at radius 3 is 2.14 bits per heavy atom. The number of hydrogen-bond donors (Lipinski definition) is 0. The van der Waals surface area contributed by atoms with Crippen molar-refractivity contribution in [2.24, 2.45) is 5.92 Å². The maximum Gasteiger partial charge on any atom is 0.416 e. The van der Waals surface area contributed by atoms with Gasteiger partial charge in [-0.15, -0.1) is 0 Å². The van der Waals surface area contributed by atoms with Crippen LogP contribution in [0.1, 0.15) is 31.2 Å². The number of carbonyl (C=O) groups excluding carboxylic acids is 1. The standard InChI is InChI=1S/C13H13F3O5S/c14-13(15,16)10-5-7-11(8-6-10)22(18,19)21-20-12(17)9-3-1-2-4-9/h5-9H,1-4H2. The molecule has 22 heavy (non-hydrogen) atoms. The van der Waals surface area contributed by atoms with Crippen LogP contribution in [0.2, 0.25) is 0 Å². The Labute approximate surface area is 125 Å². The van der Waals surface area contributed by atoms with Gasteiger partial charge in [0.1, 0.15) is 0 Å². The molecule has 0 bridgehead atoms. The van der Waals surface area contributed by atoms with Crippen molar-refractivity contribution in [2.75, 3.05) is 0 Å². The minimum atomic E-state index is -4.57. The largest absolute Gasteiger partial charge is 0.416 e. The molecule has 9 heteroatoms. The Morgan fingerprint density at radius 1 is 1.09 bits per heavy atom. The van der Waals surface area contributed by atoms with Gasteiger partial charge in [-0.2, -0.15) is 21.6 Å². The molecular formula is C13H13F3O5S. The van der Waals surface area contributed by atoms with E-state index in [1.54, 1.807) is 0 Å². The molecule has 0 N–H and O–H groups in total. The molecule has 1 aliphatic carbocycles. The first kappa shape index (κ1) is 16.8. The van der Waals surface area contributed by atoms with Crippen molar-refractivity contribution >= 4 is 16.1 Å². The van der Waals surface area contributed by atoms with Crippen LogP contribution in [0.3, 0.4) is 0 Å². The van der Waals surface area contributed by atoms with Gasteiger partial charge in [-0.1, -0.05) is 12.8 Å². The van der Waals surface area contributed by atoms with E-state index in [2.05, 4.69) is 9.22 Å². The molecule has 0 aliphatic heterocycles. The SMILES string of the molecule is O=C(OOS(=O)(=O)c1ccc(C(F)(F)F)cc1)C1CCCC1. The number of alkyl halides is 3. The summed E-state index contributed by atoms with van der Waals surface area (Å²) >= 11 is 0. The van der Waals surface area contributed by atoms with E-state index in [0.29, 0.717) is 25.0 Å². The number of hydrogen-bond acceptors (Lipinski definition) is 5. The van der Waals surface area contributed by atoms with Crippen molar-refractivity contribution in [3.63, 3.8) is 0 Å². The summed E-state index contributed by atoms with van der Waals surface area (Å²) < 4.78 is 64.8. The molecule has 0 saturated heterocycles. The Kier molecular flexibility index (Phi) is 4.76. The van der Waals surface area contributed by atoms with Crippen LogP contribution < -0.4 is 0 Å². The van der Waals surface area contributed by atoms with Crippen LogP contribution in [0.15, 0.2) is 29.2 Å². The molecule has 1 aromatic rings. The minimum Gasteiger partial charge on any atom is -0.281 e. The summed E-state index contributed by atoms with van der Waals surface area (Å²) in [5.74, 6) is -1.18. The Balaban J connectivity index is 2.02.